The van der Waals surface area contributed by atoms with Crippen molar-refractivity contribution >= 4 is 33.9 Å². The minimum atomic E-state index is 0.710. The van der Waals surface area contributed by atoms with Gasteiger partial charge in [0.15, 0.2) is 4.34 Å². The van der Waals surface area contributed by atoms with Crippen LogP contribution >= 0.6 is 23.1 Å². The van der Waals surface area contributed by atoms with Gasteiger partial charge in [-0.25, -0.2) is 0 Å². The molecule has 0 atom stereocenters. The molecule has 0 spiro atoms. The van der Waals surface area contributed by atoms with E-state index in [0.717, 1.165) is 20.7 Å². The summed E-state index contributed by atoms with van der Waals surface area (Å²) in [6, 6.07) is 16.0. The summed E-state index contributed by atoms with van der Waals surface area (Å²) in [5, 5.41) is 21.7. The number of hydrogen-bond acceptors (Lipinski definition) is 6. The number of nitrogens with zero attached hydrogens (tertiary/aromatic N) is 3. The molecule has 2 aromatic carbocycles. The van der Waals surface area contributed by atoms with Crippen LogP contribution in [0.5, 0.6) is 0 Å². The van der Waals surface area contributed by atoms with Crippen LogP contribution in [0.1, 0.15) is 22.3 Å². The molecule has 0 fully saturated rings. The van der Waals surface area contributed by atoms with Crippen LogP contribution in [-0.2, 0) is 5.75 Å². The molecule has 1 aromatic heterocycles. The van der Waals surface area contributed by atoms with Crippen LogP contribution in [0.25, 0.3) is 0 Å². The first-order valence-corrected chi connectivity index (χ1v) is 9.25. The first-order valence-electron chi connectivity index (χ1n) is 7.45. The second-order valence-electron chi connectivity index (χ2n) is 5.30. The summed E-state index contributed by atoms with van der Waals surface area (Å²) in [5.41, 5.74) is 5.24. The Morgan fingerprint density at radius 2 is 1.96 bits per heavy atom. The van der Waals surface area contributed by atoms with Crippen LogP contribution in [-0.4, -0.2) is 10.2 Å². The zero-order chi connectivity index (χ0) is 16.9. The highest BCUT2D eigenvalue weighted by molar-refractivity contribution is 8.00. The molecule has 1 N–H and O–H groups in total. The Balaban J connectivity index is 1.68. The first-order chi connectivity index (χ1) is 11.7. The predicted molar refractivity (Wildman–Crippen MR) is 99.8 cm³/mol. The summed E-state index contributed by atoms with van der Waals surface area (Å²) in [4.78, 5) is 0. The molecule has 0 saturated carbocycles. The topological polar surface area (TPSA) is 61.6 Å². The summed E-state index contributed by atoms with van der Waals surface area (Å²) in [5.74, 6) is 0.710. The zero-order valence-electron chi connectivity index (χ0n) is 13.4. The number of nitrogens with one attached hydrogen (secondary N) is 1. The maximum Gasteiger partial charge on any atom is 0.210 e. The van der Waals surface area contributed by atoms with Crippen molar-refractivity contribution in [1.29, 1.82) is 5.26 Å². The lowest BCUT2D eigenvalue weighted by molar-refractivity contribution is 1.01. The van der Waals surface area contributed by atoms with Crippen molar-refractivity contribution in [2.24, 2.45) is 0 Å². The molecule has 0 saturated heterocycles. The highest BCUT2D eigenvalue weighted by Gasteiger charge is 2.09. The van der Waals surface area contributed by atoms with Crippen molar-refractivity contribution in [2.75, 3.05) is 5.32 Å². The van der Waals surface area contributed by atoms with Crippen molar-refractivity contribution in [3.63, 3.8) is 0 Å². The molecule has 3 aromatic rings. The normalized spacial score (nSPS) is 10.4. The van der Waals surface area contributed by atoms with E-state index in [1.165, 1.54) is 22.5 Å². The summed E-state index contributed by atoms with van der Waals surface area (Å²) >= 11 is 3.12. The predicted octanol–water partition coefficient (Wildman–Crippen LogP) is 5.06. The fourth-order valence-electron chi connectivity index (χ4n) is 2.22. The van der Waals surface area contributed by atoms with Crippen molar-refractivity contribution in [3.8, 4) is 6.07 Å². The van der Waals surface area contributed by atoms with Gasteiger partial charge in [-0.3, -0.25) is 0 Å². The molecule has 1 heterocycles. The van der Waals surface area contributed by atoms with Gasteiger partial charge in [0.05, 0.1) is 11.6 Å². The van der Waals surface area contributed by atoms with Gasteiger partial charge >= 0.3 is 0 Å². The minimum Gasteiger partial charge on any atom is -0.330 e. The Kier molecular flexibility index (Phi) is 5.14. The van der Waals surface area contributed by atoms with Crippen LogP contribution in [0.4, 0.5) is 10.8 Å². The van der Waals surface area contributed by atoms with E-state index in [-0.39, 0.29) is 0 Å². The van der Waals surface area contributed by atoms with E-state index in [1.54, 1.807) is 11.8 Å². The molecule has 6 heteroatoms. The highest BCUT2D eigenvalue weighted by Crippen LogP contribution is 2.31. The van der Waals surface area contributed by atoms with Crippen molar-refractivity contribution < 1.29 is 0 Å². The number of anilines is 2. The maximum atomic E-state index is 9.14. The fraction of sp³-hybridized carbons (Fsp3) is 0.167. The second-order valence-corrected chi connectivity index (χ2v) is 7.50. The van der Waals surface area contributed by atoms with Gasteiger partial charge in [-0.15, -0.1) is 10.2 Å². The summed E-state index contributed by atoms with van der Waals surface area (Å²) in [6.07, 6.45) is 0. The van der Waals surface area contributed by atoms with Crippen LogP contribution in [0.3, 0.4) is 0 Å². The van der Waals surface area contributed by atoms with E-state index in [9.17, 15) is 0 Å². The standard InChI is InChI=1S/C18H16N4S2/c1-12-6-5-9-16(13(12)2)20-17-21-22-18(24-17)23-11-15-8-4-3-7-14(15)10-19/h3-9H,11H2,1-2H3,(H,20,21). The van der Waals surface area contributed by atoms with Gasteiger partial charge in [-0.05, 0) is 42.7 Å². The Labute approximate surface area is 149 Å². The average molecular weight is 352 g/mol. The molecule has 0 aliphatic carbocycles. The Bertz CT molecular complexity index is 896. The molecule has 24 heavy (non-hydrogen) atoms. The lowest BCUT2D eigenvalue weighted by Gasteiger charge is -2.08. The fourth-order valence-corrected chi connectivity index (χ4v) is 3.98. The number of thioether (sulfide) groups is 1. The number of hydrogen-bond donors (Lipinski definition) is 1. The van der Waals surface area contributed by atoms with Crippen LogP contribution < -0.4 is 5.32 Å². The summed E-state index contributed by atoms with van der Waals surface area (Å²) < 4.78 is 0.885. The lowest BCUT2D eigenvalue weighted by atomic mass is 10.1. The third-order valence-electron chi connectivity index (χ3n) is 3.74. The third-order valence-corrected chi connectivity index (χ3v) is 5.76. The van der Waals surface area contributed by atoms with Gasteiger partial charge in [-0.1, -0.05) is 53.4 Å². The molecule has 0 amide bonds. The number of rotatable bonds is 5. The van der Waals surface area contributed by atoms with Crippen LogP contribution in [0, 0.1) is 25.2 Å². The van der Waals surface area contributed by atoms with E-state index in [0.29, 0.717) is 11.3 Å². The van der Waals surface area contributed by atoms with Gasteiger partial charge in [0, 0.05) is 11.4 Å². The molecule has 120 valence electrons. The van der Waals surface area contributed by atoms with Crippen molar-refractivity contribution in [2.45, 2.75) is 23.9 Å². The van der Waals surface area contributed by atoms with Crippen LogP contribution in [0.2, 0.25) is 0 Å². The smallest absolute Gasteiger partial charge is 0.210 e. The quantitative estimate of drug-likeness (QED) is 0.650. The second kappa shape index (κ2) is 7.47. The molecular weight excluding hydrogens is 336 g/mol. The van der Waals surface area contributed by atoms with E-state index < -0.39 is 0 Å². The maximum absolute atomic E-state index is 9.14. The van der Waals surface area contributed by atoms with Gasteiger partial charge in [0.25, 0.3) is 0 Å². The van der Waals surface area contributed by atoms with Crippen LogP contribution in [0.15, 0.2) is 46.8 Å². The van der Waals surface area contributed by atoms with E-state index in [2.05, 4.69) is 41.5 Å². The van der Waals surface area contributed by atoms with E-state index in [1.807, 2.05) is 36.4 Å². The summed E-state index contributed by atoms with van der Waals surface area (Å²) in [6.45, 7) is 4.18. The average Bonchev–Trinajstić information content (AvgIpc) is 3.05. The van der Waals surface area contributed by atoms with E-state index >= 15 is 0 Å². The molecule has 0 aliphatic heterocycles. The largest absolute Gasteiger partial charge is 0.330 e. The van der Waals surface area contributed by atoms with Crippen molar-refractivity contribution in [3.05, 3.63) is 64.7 Å². The van der Waals surface area contributed by atoms with Gasteiger partial charge in [0.1, 0.15) is 0 Å². The number of benzene rings is 2. The van der Waals surface area contributed by atoms with Crippen molar-refractivity contribution in [1.82, 2.24) is 10.2 Å². The molecule has 0 unspecified atom stereocenters. The Morgan fingerprint density at radius 3 is 2.79 bits per heavy atom. The molecule has 0 aliphatic rings. The Hall–Kier alpha value is -2.36. The number of aryl methyl sites for hydroxylation is 1. The van der Waals surface area contributed by atoms with E-state index in [4.69, 9.17) is 5.26 Å². The molecule has 0 radical (unpaired) electrons. The highest BCUT2D eigenvalue weighted by atomic mass is 32.2. The lowest BCUT2D eigenvalue weighted by Crippen LogP contribution is -1.94. The summed E-state index contributed by atoms with van der Waals surface area (Å²) in [7, 11) is 0. The zero-order valence-corrected chi connectivity index (χ0v) is 15.0. The van der Waals surface area contributed by atoms with Gasteiger partial charge in [0.2, 0.25) is 5.13 Å². The van der Waals surface area contributed by atoms with Gasteiger partial charge in [-0.2, -0.15) is 5.26 Å². The Morgan fingerprint density at radius 1 is 1.12 bits per heavy atom. The van der Waals surface area contributed by atoms with Gasteiger partial charge < -0.3 is 5.32 Å². The number of nitriles is 1. The monoisotopic (exact) mass is 352 g/mol. The molecule has 3 rings (SSSR count). The molecule has 0 bridgehead atoms. The molecular formula is C18H16N4S2. The SMILES string of the molecule is Cc1cccc(Nc2nnc(SCc3ccccc3C#N)s2)c1C. The minimum absolute atomic E-state index is 0.710. The third kappa shape index (κ3) is 3.75. The number of aromatic nitrogens is 2. The first kappa shape index (κ1) is 16.5. The molecule has 4 nitrogen and oxygen atoms in total.